The molecule has 25 heavy (non-hydrogen) atoms. The highest BCUT2D eigenvalue weighted by Gasteiger charge is 2.38. The number of carbonyl (C=O) groups excluding carboxylic acids is 2. The highest BCUT2D eigenvalue weighted by Crippen LogP contribution is 2.28. The second-order valence-electron chi connectivity index (χ2n) is 6.24. The molecule has 0 aliphatic carbocycles. The zero-order chi connectivity index (χ0) is 18.1. The number of halogens is 1. The van der Waals surface area contributed by atoms with Gasteiger partial charge in [-0.25, -0.2) is 4.39 Å². The molecule has 1 aliphatic heterocycles. The first-order valence-electron chi connectivity index (χ1n) is 7.97. The Hall–Kier alpha value is -2.89. The Balaban J connectivity index is 1.92. The molecule has 0 bridgehead atoms. The van der Waals surface area contributed by atoms with Gasteiger partial charge in [0.25, 0.3) is 11.7 Å². The minimum absolute atomic E-state index is 0.0699. The van der Waals surface area contributed by atoms with Gasteiger partial charge in [0.1, 0.15) is 17.3 Å². The van der Waals surface area contributed by atoms with Crippen molar-refractivity contribution < 1.29 is 23.5 Å². The summed E-state index contributed by atoms with van der Waals surface area (Å²) in [6.07, 6.45) is 1.74. The number of likely N-dealkylation sites (tertiary alicyclic amines) is 1. The van der Waals surface area contributed by atoms with Crippen molar-refractivity contribution in [1.82, 2.24) is 4.90 Å². The summed E-state index contributed by atoms with van der Waals surface area (Å²) in [6.45, 7) is 3.69. The van der Waals surface area contributed by atoms with Gasteiger partial charge in [-0.3, -0.25) is 9.59 Å². The molecule has 1 N–H and O–H groups in total. The van der Waals surface area contributed by atoms with E-state index in [1.54, 1.807) is 18.2 Å². The summed E-state index contributed by atoms with van der Waals surface area (Å²) in [7, 11) is 0. The quantitative estimate of drug-likeness (QED) is 0.526. The third-order valence-corrected chi connectivity index (χ3v) is 4.25. The number of ketones is 1. The van der Waals surface area contributed by atoms with E-state index in [2.05, 4.69) is 0 Å². The van der Waals surface area contributed by atoms with Crippen LogP contribution in [0.5, 0.6) is 0 Å². The SMILES string of the molecule is CC(C)N1CC(=C(O)c2ccoc2Cc2ccc(F)cc2)C(=O)C1=O. The lowest BCUT2D eigenvalue weighted by Gasteiger charge is -2.18. The number of furan rings is 1. The zero-order valence-corrected chi connectivity index (χ0v) is 14.0. The summed E-state index contributed by atoms with van der Waals surface area (Å²) in [5.41, 5.74) is 1.24. The van der Waals surface area contributed by atoms with E-state index in [0.717, 1.165) is 5.56 Å². The van der Waals surface area contributed by atoms with Gasteiger partial charge < -0.3 is 14.4 Å². The van der Waals surface area contributed by atoms with E-state index >= 15 is 0 Å². The van der Waals surface area contributed by atoms with Crippen molar-refractivity contribution in [3.63, 3.8) is 0 Å². The van der Waals surface area contributed by atoms with Gasteiger partial charge >= 0.3 is 0 Å². The molecule has 0 saturated carbocycles. The second kappa shape index (κ2) is 6.55. The molecule has 2 heterocycles. The Morgan fingerprint density at radius 1 is 1.24 bits per heavy atom. The summed E-state index contributed by atoms with van der Waals surface area (Å²) in [5, 5.41) is 10.6. The van der Waals surface area contributed by atoms with Crippen LogP contribution in [-0.2, 0) is 16.0 Å². The van der Waals surface area contributed by atoms with Gasteiger partial charge in [-0.15, -0.1) is 0 Å². The molecule has 1 fully saturated rings. The van der Waals surface area contributed by atoms with Crippen molar-refractivity contribution >= 4 is 17.4 Å². The average Bonchev–Trinajstić information content (AvgIpc) is 3.15. The van der Waals surface area contributed by atoms with E-state index in [9.17, 15) is 19.1 Å². The van der Waals surface area contributed by atoms with E-state index in [-0.39, 0.29) is 29.7 Å². The van der Waals surface area contributed by atoms with Gasteiger partial charge in [-0.1, -0.05) is 12.1 Å². The van der Waals surface area contributed by atoms with Crippen LogP contribution in [0.15, 0.2) is 46.6 Å². The molecule has 1 aliphatic rings. The molecular weight excluding hydrogens is 325 g/mol. The van der Waals surface area contributed by atoms with Crippen LogP contribution in [0.1, 0.15) is 30.7 Å². The number of hydrogen-bond donors (Lipinski definition) is 1. The normalized spacial score (nSPS) is 16.9. The van der Waals surface area contributed by atoms with Crippen LogP contribution in [0.3, 0.4) is 0 Å². The number of Topliss-reactive ketones (excluding diaryl/α,β-unsaturated/α-hetero) is 1. The Labute approximate surface area is 144 Å². The summed E-state index contributed by atoms with van der Waals surface area (Å²) >= 11 is 0. The Kier molecular flexibility index (Phi) is 4.44. The summed E-state index contributed by atoms with van der Waals surface area (Å²) in [5.74, 6) is -1.44. The summed E-state index contributed by atoms with van der Waals surface area (Å²) < 4.78 is 18.4. The minimum atomic E-state index is -0.694. The van der Waals surface area contributed by atoms with Gasteiger partial charge in [0.2, 0.25) is 0 Å². The third kappa shape index (κ3) is 3.20. The van der Waals surface area contributed by atoms with Gasteiger partial charge in [0, 0.05) is 12.5 Å². The number of amides is 1. The van der Waals surface area contributed by atoms with Crippen LogP contribution in [0.25, 0.3) is 5.76 Å². The lowest BCUT2D eigenvalue weighted by Crippen LogP contribution is -2.33. The molecule has 1 saturated heterocycles. The molecular formula is C19H18FNO4. The lowest BCUT2D eigenvalue weighted by atomic mass is 10.0. The fraction of sp³-hybridized carbons (Fsp3) is 0.263. The second-order valence-corrected chi connectivity index (χ2v) is 6.24. The highest BCUT2D eigenvalue weighted by molar-refractivity contribution is 6.46. The average molecular weight is 343 g/mol. The maximum Gasteiger partial charge on any atom is 0.295 e. The first kappa shape index (κ1) is 17.0. The number of rotatable bonds is 4. The van der Waals surface area contributed by atoms with Crippen LogP contribution in [0, 0.1) is 5.82 Å². The van der Waals surface area contributed by atoms with Crippen molar-refractivity contribution in [3.8, 4) is 0 Å². The number of benzene rings is 1. The number of nitrogens with zero attached hydrogens (tertiary/aromatic N) is 1. The Morgan fingerprint density at radius 3 is 2.52 bits per heavy atom. The van der Waals surface area contributed by atoms with Crippen LogP contribution in [0.4, 0.5) is 4.39 Å². The zero-order valence-electron chi connectivity index (χ0n) is 14.0. The standard InChI is InChI=1S/C19H18FNO4/c1-11(2)21-10-15(18(23)19(21)24)17(22)14-7-8-25-16(14)9-12-3-5-13(20)6-4-12/h3-8,11,22H,9-10H2,1-2H3. The molecule has 0 atom stereocenters. The molecule has 3 rings (SSSR count). The Morgan fingerprint density at radius 2 is 1.92 bits per heavy atom. The van der Waals surface area contributed by atoms with E-state index in [1.807, 2.05) is 13.8 Å². The van der Waals surface area contributed by atoms with Crippen LogP contribution < -0.4 is 0 Å². The molecule has 0 unspecified atom stereocenters. The number of aliphatic hydroxyl groups is 1. The first-order chi connectivity index (χ1) is 11.9. The summed E-state index contributed by atoms with van der Waals surface area (Å²) in [6, 6.07) is 7.35. The van der Waals surface area contributed by atoms with Crippen molar-refractivity contribution in [2.24, 2.45) is 0 Å². The van der Waals surface area contributed by atoms with Crippen molar-refractivity contribution in [2.75, 3.05) is 6.54 Å². The van der Waals surface area contributed by atoms with Crippen LogP contribution in [-0.4, -0.2) is 34.3 Å². The molecule has 0 radical (unpaired) electrons. The molecule has 1 aromatic heterocycles. The van der Waals surface area contributed by atoms with Crippen LogP contribution in [0.2, 0.25) is 0 Å². The van der Waals surface area contributed by atoms with Crippen molar-refractivity contribution in [1.29, 1.82) is 0 Å². The molecule has 6 heteroatoms. The fourth-order valence-electron chi connectivity index (χ4n) is 2.81. The molecule has 5 nitrogen and oxygen atoms in total. The largest absolute Gasteiger partial charge is 0.507 e. The predicted molar refractivity (Wildman–Crippen MR) is 89.3 cm³/mol. The molecule has 1 amide bonds. The smallest absolute Gasteiger partial charge is 0.295 e. The topological polar surface area (TPSA) is 70.8 Å². The third-order valence-electron chi connectivity index (χ3n) is 4.25. The Bertz CT molecular complexity index is 849. The molecule has 2 aromatic rings. The van der Waals surface area contributed by atoms with E-state index < -0.39 is 11.7 Å². The van der Waals surface area contributed by atoms with Gasteiger partial charge in [-0.05, 0) is 37.6 Å². The van der Waals surface area contributed by atoms with Crippen LogP contribution >= 0.6 is 0 Å². The van der Waals surface area contributed by atoms with E-state index in [1.165, 1.54) is 23.3 Å². The maximum atomic E-state index is 13.0. The number of aliphatic hydroxyl groups excluding tert-OH is 1. The number of hydrogen-bond acceptors (Lipinski definition) is 4. The first-order valence-corrected chi connectivity index (χ1v) is 7.97. The molecule has 1 aromatic carbocycles. The van der Waals surface area contributed by atoms with Gasteiger partial charge in [0.15, 0.2) is 0 Å². The number of carbonyl (C=O) groups is 2. The van der Waals surface area contributed by atoms with Gasteiger partial charge in [0.05, 0.1) is 23.9 Å². The molecule has 0 spiro atoms. The summed E-state index contributed by atoms with van der Waals surface area (Å²) in [4.78, 5) is 25.6. The fourth-order valence-corrected chi connectivity index (χ4v) is 2.81. The van der Waals surface area contributed by atoms with Crippen molar-refractivity contribution in [3.05, 3.63) is 64.9 Å². The van der Waals surface area contributed by atoms with Crippen molar-refractivity contribution in [2.45, 2.75) is 26.3 Å². The predicted octanol–water partition coefficient (Wildman–Crippen LogP) is 3.10. The van der Waals surface area contributed by atoms with E-state index in [4.69, 9.17) is 4.42 Å². The maximum absolute atomic E-state index is 13.0. The van der Waals surface area contributed by atoms with E-state index in [0.29, 0.717) is 17.7 Å². The monoisotopic (exact) mass is 343 g/mol. The lowest BCUT2D eigenvalue weighted by molar-refractivity contribution is -0.140. The van der Waals surface area contributed by atoms with Gasteiger partial charge in [-0.2, -0.15) is 0 Å². The molecule has 130 valence electrons. The minimum Gasteiger partial charge on any atom is -0.507 e. The highest BCUT2D eigenvalue weighted by atomic mass is 19.1.